The zero-order valence-corrected chi connectivity index (χ0v) is 15.7. The fourth-order valence-corrected chi connectivity index (χ4v) is 1.94. The topological polar surface area (TPSA) is 53.6 Å². The lowest BCUT2D eigenvalue weighted by Gasteiger charge is -2.25. The van der Waals surface area contributed by atoms with Gasteiger partial charge < -0.3 is 11.1 Å². The molecule has 1 atom stereocenters. The number of halogens is 1. The summed E-state index contributed by atoms with van der Waals surface area (Å²) in [6, 6.07) is 11.0. The van der Waals surface area contributed by atoms with E-state index in [2.05, 4.69) is 66.4 Å². The largest absolute Gasteiger partial charge is 0.370 e. The van der Waals surface area contributed by atoms with E-state index in [0.29, 0.717) is 12.0 Å². The number of benzene rings is 1. The lowest BCUT2D eigenvalue weighted by Crippen LogP contribution is -2.36. The first-order valence-corrected chi connectivity index (χ1v) is 7.41. The molecule has 0 saturated heterocycles. The summed E-state index contributed by atoms with van der Waals surface area (Å²) in [4.78, 5) is 6.58. The van der Waals surface area contributed by atoms with Crippen LogP contribution in [0, 0.1) is 0 Å². The van der Waals surface area contributed by atoms with Gasteiger partial charge in [-0.05, 0) is 32.4 Å². The standard InChI is InChI=1S/C16H28N4.HI/c1-4-11-18-16(17)19-12-10-14(2)20(3)13-15-8-6-5-7-9-15;/h5-9,14H,4,10-13H2,1-3H3,(H3,17,18,19);1H. The van der Waals surface area contributed by atoms with E-state index in [4.69, 9.17) is 5.73 Å². The normalized spacial score (nSPS) is 12.9. The highest BCUT2D eigenvalue weighted by Gasteiger charge is 2.09. The molecule has 0 radical (unpaired) electrons. The highest BCUT2D eigenvalue weighted by atomic mass is 127. The summed E-state index contributed by atoms with van der Waals surface area (Å²) in [5, 5.41) is 3.17. The van der Waals surface area contributed by atoms with Crippen LogP contribution in [0.15, 0.2) is 35.3 Å². The van der Waals surface area contributed by atoms with Gasteiger partial charge in [0, 0.05) is 25.7 Å². The van der Waals surface area contributed by atoms with Crippen molar-refractivity contribution in [1.29, 1.82) is 0 Å². The smallest absolute Gasteiger partial charge is 0.188 e. The summed E-state index contributed by atoms with van der Waals surface area (Å²) in [5.41, 5.74) is 7.12. The molecular formula is C16H29IN4. The van der Waals surface area contributed by atoms with Crippen LogP contribution in [-0.4, -0.2) is 37.0 Å². The van der Waals surface area contributed by atoms with Crippen molar-refractivity contribution < 1.29 is 0 Å². The molecule has 0 heterocycles. The summed E-state index contributed by atoms with van der Waals surface area (Å²) < 4.78 is 0. The summed E-state index contributed by atoms with van der Waals surface area (Å²) in [6.07, 6.45) is 2.07. The zero-order chi connectivity index (χ0) is 14.8. The predicted molar refractivity (Wildman–Crippen MR) is 102 cm³/mol. The number of nitrogens with one attached hydrogen (secondary N) is 1. The average molecular weight is 404 g/mol. The minimum atomic E-state index is 0. The lowest BCUT2D eigenvalue weighted by atomic mass is 10.1. The number of hydrogen-bond donors (Lipinski definition) is 2. The molecule has 0 aliphatic heterocycles. The molecule has 1 rings (SSSR count). The molecule has 21 heavy (non-hydrogen) atoms. The van der Waals surface area contributed by atoms with Crippen molar-refractivity contribution in [3.63, 3.8) is 0 Å². The molecule has 0 bridgehead atoms. The number of rotatable bonds is 8. The molecule has 0 aromatic heterocycles. The highest BCUT2D eigenvalue weighted by molar-refractivity contribution is 14.0. The second kappa shape index (κ2) is 11.8. The Labute approximate surface area is 146 Å². The predicted octanol–water partition coefficient (Wildman–Crippen LogP) is 2.83. The third-order valence-corrected chi connectivity index (χ3v) is 3.40. The molecule has 0 aliphatic rings. The van der Waals surface area contributed by atoms with E-state index in [1.165, 1.54) is 5.56 Å². The van der Waals surface area contributed by atoms with Crippen molar-refractivity contribution in [1.82, 2.24) is 10.2 Å². The third-order valence-electron chi connectivity index (χ3n) is 3.40. The molecule has 5 heteroatoms. The second-order valence-electron chi connectivity index (χ2n) is 5.23. The van der Waals surface area contributed by atoms with Crippen molar-refractivity contribution in [3.05, 3.63) is 35.9 Å². The lowest BCUT2D eigenvalue weighted by molar-refractivity contribution is 0.239. The monoisotopic (exact) mass is 404 g/mol. The Kier molecular flexibility index (Phi) is 11.3. The minimum absolute atomic E-state index is 0. The van der Waals surface area contributed by atoms with E-state index >= 15 is 0 Å². The Morgan fingerprint density at radius 2 is 2.00 bits per heavy atom. The SMILES string of the molecule is CCCN=C(N)NCCC(C)N(C)Cc1ccccc1.I. The van der Waals surface area contributed by atoms with Gasteiger partial charge in [-0.15, -0.1) is 24.0 Å². The maximum absolute atomic E-state index is 5.77. The van der Waals surface area contributed by atoms with Crippen LogP contribution >= 0.6 is 24.0 Å². The Bertz CT molecular complexity index is 395. The maximum atomic E-state index is 5.77. The first kappa shape index (κ1) is 20.2. The van der Waals surface area contributed by atoms with E-state index in [0.717, 1.165) is 32.5 Å². The number of hydrogen-bond acceptors (Lipinski definition) is 2. The molecule has 3 N–H and O–H groups in total. The van der Waals surface area contributed by atoms with Crippen LogP contribution in [0.25, 0.3) is 0 Å². The van der Waals surface area contributed by atoms with Gasteiger partial charge in [0.05, 0.1) is 0 Å². The summed E-state index contributed by atoms with van der Waals surface area (Å²) >= 11 is 0. The van der Waals surface area contributed by atoms with Crippen LogP contribution in [0.3, 0.4) is 0 Å². The van der Waals surface area contributed by atoms with Crippen molar-refractivity contribution in [2.75, 3.05) is 20.1 Å². The van der Waals surface area contributed by atoms with Crippen LogP contribution in [0.2, 0.25) is 0 Å². The van der Waals surface area contributed by atoms with Gasteiger partial charge in [-0.1, -0.05) is 37.3 Å². The van der Waals surface area contributed by atoms with Crippen molar-refractivity contribution in [2.45, 2.75) is 39.3 Å². The molecule has 1 aromatic rings. The summed E-state index contributed by atoms with van der Waals surface area (Å²) in [5.74, 6) is 0.560. The first-order chi connectivity index (χ1) is 9.63. The van der Waals surface area contributed by atoms with Gasteiger partial charge in [-0.2, -0.15) is 0 Å². The average Bonchev–Trinajstić information content (AvgIpc) is 2.46. The van der Waals surface area contributed by atoms with Gasteiger partial charge in [-0.25, -0.2) is 0 Å². The Morgan fingerprint density at radius 1 is 1.33 bits per heavy atom. The van der Waals surface area contributed by atoms with Gasteiger partial charge >= 0.3 is 0 Å². The molecule has 120 valence electrons. The van der Waals surface area contributed by atoms with E-state index in [1.807, 2.05) is 0 Å². The summed E-state index contributed by atoms with van der Waals surface area (Å²) in [7, 11) is 2.16. The van der Waals surface area contributed by atoms with Crippen LogP contribution in [0.5, 0.6) is 0 Å². The molecular weight excluding hydrogens is 375 g/mol. The second-order valence-corrected chi connectivity index (χ2v) is 5.23. The van der Waals surface area contributed by atoms with Crippen LogP contribution in [0.1, 0.15) is 32.3 Å². The van der Waals surface area contributed by atoms with Crippen molar-refractivity contribution in [2.24, 2.45) is 10.7 Å². The quantitative estimate of drug-likeness (QED) is 0.398. The minimum Gasteiger partial charge on any atom is -0.370 e. The third kappa shape index (κ3) is 8.93. The fraction of sp³-hybridized carbons (Fsp3) is 0.562. The van der Waals surface area contributed by atoms with Gasteiger partial charge in [0.15, 0.2) is 5.96 Å². The number of aliphatic imine (C=N–C) groups is 1. The molecule has 0 amide bonds. The Hall–Kier alpha value is -0.820. The molecule has 4 nitrogen and oxygen atoms in total. The Balaban J connectivity index is 0.00000400. The fourth-order valence-electron chi connectivity index (χ4n) is 1.94. The van der Waals surface area contributed by atoms with Crippen LogP contribution < -0.4 is 11.1 Å². The maximum Gasteiger partial charge on any atom is 0.188 e. The van der Waals surface area contributed by atoms with Gasteiger partial charge in [0.2, 0.25) is 0 Å². The van der Waals surface area contributed by atoms with Gasteiger partial charge in [0.25, 0.3) is 0 Å². The van der Waals surface area contributed by atoms with Crippen LogP contribution in [0.4, 0.5) is 0 Å². The molecule has 0 spiro atoms. The van der Waals surface area contributed by atoms with Crippen molar-refractivity contribution >= 4 is 29.9 Å². The van der Waals surface area contributed by atoms with E-state index in [-0.39, 0.29) is 24.0 Å². The molecule has 0 aliphatic carbocycles. The van der Waals surface area contributed by atoms with Crippen LogP contribution in [-0.2, 0) is 6.54 Å². The number of nitrogens with zero attached hydrogens (tertiary/aromatic N) is 2. The van der Waals surface area contributed by atoms with E-state index < -0.39 is 0 Å². The van der Waals surface area contributed by atoms with Gasteiger partial charge in [-0.3, -0.25) is 9.89 Å². The summed E-state index contributed by atoms with van der Waals surface area (Å²) in [6.45, 7) is 6.96. The van der Waals surface area contributed by atoms with E-state index in [1.54, 1.807) is 0 Å². The Morgan fingerprint density at radius 3 is 2.62 bits per heavy atom. The molecule has 1 unspecified atom stereocenters. The number of nitrogens with two attached hydrogens (primary N) is 1. The first-order valence-electron chi connectivity index (χ1n) is 7.41. The highest BCUT2D eigenvalue weighted by Crippen LogP contribution is 2.07. The van der Waals surface area contributed by atoms with Crippen molar-refractivity contribution in [3.8, 4) is 0 Å². The van der Waals surface area contributed by atoms with E-state index in [9.17, 15) is 0 Å². The molecule has 0 saturated carbocycles. The molecule has 0 fully saturated rings. The zero-order valence-electron chi connectivity index (χ0n) is 13.4. The molecule has 1 aromatic carbocycles. The number of guanidine groups is 1. The van der Waals surface area contributed by atoms with Gasteiger partial charge in [0.1, 0.15) is 0 Å².